The van der Waals surface area contributed by atoms with Gasteiger partial charge in [-0.15, -0.1) is 0 Å². The van der Waals surface area contributed by atoms with E-state index in [2.05, 4.69) is 30.6 Å². The zero-order valence-corrected chi connectivity index (χ0v) is 18.8. The molecule has 35 heavy (non-hydrogen) atoms. The quantitative estimate of drug-likeness (QED) is 0.301. The predicted octanol–water partition coefficient (Wildman–Crippen LogP) is 2.79. The van der Waals surface area contributed by atoms with Gasteiger partial charge in [0.1, 0.15) is 23.5 Å². The zero-order chi connectivity index (χ0) is 24.2. The summed E-state index contributed by atoms with van der Waals surface area (Å²) in [6.07, 6.45) is 6.04. The van der Waals surface area contributed by atoms with Crippen LogP contribution in [0.2, 0.25) is 0 Å². The third-order valence-electron chi connectivity index (χ3n) is 5.93. The molecule has 4 heterocycles. The molecule has 2 atom stereocenters. The van der Waals surface area contributed by atoms with Crippen molar-refractivity contribution in [2.45, 2.75) is 25.0 Å². The van der Waals surface area contributed by atoms with Gasteiger partial charge in [0.05, 0.1) is 36.3 Å². The smallest absolute Gasteiger partial charge is 0.274 e. The van der Waals surface area contributed by atoms with E-state index in [9.17, 15) is 14.7 Å². The first-order chi connectivity index (χ1) is 17.1. The van der Waals surface area contributed by atoms with E-state index in [1.54, 1.807) is 54.9 Å². The lowest BCUT2D eigenvalue weighted by Gasteiger charge is -2.29. The van der Waals surface area contributed by atoms with E-state index in [4.69, 9.17) is 4.74 Å². The molecule has 0 bridgehead atoms. The summed E-state index contributed by atoms with van der Waals surface area (Å²) in [7, 11) is 0. The van der Waals surface area contributed by atoms with Gasteiger partial charge in [-0.05, 0) is 49.2 Å². The van der Waals surface area contributed by atoms with Gasteiger partial charge in [0, 0.05) is 23.6 Å². The normalized spacial score (nSPS) is 17.7. The number of carbonyl (C=O) groups excluding carboxylic acids is 2. The standard InChI is InChI=1S/C25H24N6O4/c32-12-18-9-8-17(13-35-18)30-24-21-19(11-27-23(21)28-14-29-24)22(33)15-4-6-16(7-5-15)31-25(34)20-3-1-2-10-26-20/h1-7,10-11,14,17-18,32H,8-9,12-13H2,(H,31,34)(H2,27,28,29,30). The van der Waals surface area contributed by atoms with Crippen molar-refractivity contribution in [1.82, 2.24) is 19.9 Å². The highest BCUT2D eigenvalue weighted by molar-refractivity contribution is 6.18. The molecular formula is C25H24N6O4. The molecule has 1 amide bonds. The van der Waals surface area contributed by atoms with Crippen molar-refractivity contribution in [3.63, 3.8) is 0 Å². The molecular weight excluding hydrogens is 448 g/mol. The highest BCUT2D eigenvalue weighted by Crippen LogP contribution is 2.28. The number of amides is 1. The maximum atomic E-state index is 13.3. The topological polar surface area (TPSA) is 142 Å². The van der Waals surface area contributed by atoms with Crippen LogP contribution in [0.3, 0.4) is 0 Å². The predicted molar refractivity (Wildman–Crippen MR) is 129 cm³/mol. The average Bonchev–Trinajstić information content (AvgIpc) is 3.35. The first-order valence-electron chi connectivity index (χ1n) is 11.3. The minimum absolute atomic E-state index is 0.00650. The summed E-state index contributed by atoms with van der Waals surface area (Å²) in [5.41, 5.74) is 2.32. The first-order valence-corrected chi connectivity index (χ1v) is 11.3. The Hall–Kier alpha value is -4.15. The van der Waals surface area contributed by atoms with Gasteiger partial charge in [0.2, 0.25) is 0 Å². The van der Waals surface area contributed by atoms with Crippen LogP contribution in [0.25, 0.3) is 11.0 Å². The average molecular weight is 473 g/mol. The molecule has 0 saturated carbocycles. The highest BCUT2D eigenvalue weighted by Gasteiger charge is 2.24. The number of fused-ring (bicyclic) bond motifs is 1. The van der Waals surface area contributed by atoms with Crippen LogP contribution in [-0.4, -0.2) is 62.1 Å². The molecule has 1 saturated heterocycles. The third-order valence-corrected chi connectivity index (χ3v) is 5.93. The number of aromatic amines is 1. The molecule has 10 heteroatoms. The SMILES string of the molecule is O=C(Nc1ccc(C(=O)c2c[nH]c3ncnc(NC4CCC(CO)OC4)c23)cc1)c1ccccn1. The lowest BCUT2D eigenvalue weighted by molar-refractivity contribution is -0.0224. The highest BCUT2D eigenvalue weighted by atomic mass is 16.5. The molecule has 5 rings (SSSR count). The van der Waals surface area contributed by atoms with Crippen molar-refractivity contribution in [3.05, 3.63) is 78.0 Å². The third kappa shape index (κ3) is 4.88. The van der Waals surface area contributed by atoms with E-state index in [-0.39, 0.29) is 30.4 Å². The molecule has 4 aromatic rings. The van der Waals surface area contributed by atoms with Crippen molar-refractivity contribution < 1.29 is 19.4 Å². The molecule has 4 N–H and O–H groups in total. The Morgan fingerprint density at radius 3 is 2.66 bits per heavy atom. The van der Waals surface area contributed by atoms with Gasteiger partial charge in [0.15, 0.2) is 5.78 Å². The van der Waals surface area contributed by atoms with Gasteiger partial charge in [-0.1, -0.05) is 6.07 Å². The van der Waals surface area contributed by atoms with E-state index in [1.165, 1.54) is 6.33 Å². The fourth-order valence-corrected chi connectivity index (χ4v) is 4.06. The number of carbonyl (C=O) groups is 2. The van der Waals surface area contributed by atoms with Crippen LogP contribution >= 0.6 is 0 Å². The number of pyridine rings is 1. The Balaban J connectivity index is 1.34. The van der Waals surface area contributed by atoms with E-state index in [0.29, 0.717) is 46.0 Å². The van der Waals surface area contributed by atoms with Crippen LogP contribution in [0.4, 0.5) is 11.5 Å². The Bertz CT molecular complexity index is 1330. The molecule has 10 nitrogen and oxygen atoms in total. The van der Waals surface area contributed by atoms with Crippen LogP contribution in [0, 0.1) is 0 Å². The van der Waals surface area contributed by atoms with Gasteiger partial charge in [0.25, 0.3) is 5.91 Å². The van der Waals surface area contributed by atoms with Crippen molar-refractivity contribution in [3.8, 4) is 0 Å². The van der Waals surface area contributed by atoms with Crippen molar-refractivity contribution in [2.24, 2.45) is 0 Å². The summed E-state index contributed by atoms with van der Waals surface area (Å²) >= 11 is 0. The molecule has 178 valence electrons. The molecule has 0 aliphatic carbocycles. The van der Waals surface area contributed by atoms with Crippen LogP contribution in [-0.2, 0) is 4.74 Å². The second-order valence-electron chi connectivity index (χ2n) is 8.28. The molecule has 1 aliphatic heterocycles. The van der Waals surface area contributed by atoms with E-state index in [0.717, 1.165) is 12.8 Å². The number of anilines is 2. The number of aliphatic hydroxyl groups is 1. The summed E-state index contributed by atoms with van der Waals surface area (Å²) < 4.78 is 5.65. The summed E-state index contributed by atoms with van der Waals surface area (Å²) in [4.78, 5) is 41.4. The fraction of sp³-hybridized carbons (Fsp3) is 0.240. The number of nitrogens with one attached hydrogen (secondary N) is 3. The van der Waals surface area contributed by atoms with Gasteiger partial charge >= 0.3 is 0 Å². The summed E-state index contributed by atoms with van der Waals surface area (Å²) in [6, 6.07) is 11.8. The Morgan fingerprint density at radius 2 is 1.94 bits per heavy atom. The molecule has 3 aromatic heterocycles. The van der Waals surface area contributed by atoms with Crippen LogP contribution in [0.15, 0.2) is 61.2 Å². The fourth-order valence-electron chi connectivity index (χ4n) is 4.06. The molecule has 1 aliphatic rings. The lowest BCUT2D eigenvalue weighted by atomic mass is 10.0. The number of benzene rings is 1. The number of hydrogen-bond acceptors (Lipinski definition) is 8. The largest absolute Gasteiger partial charge is 0.394 e. The number of aliphatic hydroxyl groups excluding tert-OH is 1. The molecule has 1 fully saturated rings. The van der Waals surface area contributed by atoms with Crippen molar-refractivity contribution in [2.75, 3.05) is 23.8 Å². The second-order valence-corrected chi connectivity index (χ2v) is 8.28. The number of rotatable bonds is 7. The van der Waals surface area contributed by atoms with Crippen LogP contribution in [0.5, 0.6) is 0 Å². The maximum Gasteiger partial charge on any atom is 0.274 e. The maximum absolute atomic E-state index is 13.3. The summed E-state index contributed by atoms with van der Waals surface area (Å²) in [5.74, 6) is 0.0259. The number of H-pyrrole nitrogens is 1. The lowest BCUT2D eigenvalue weighted by Crippen LogP contribution is -2.36. The summed E-state index contributed by atoms with van der Waals surface area (Å²) in [6.45, 7) is 0.447. The van der Waals surface area contributed by atoms with E-state index >= 15 is 0 Å². The molecule has 2 unspecified atom stereocenters. The Labute approximate surface area is 200 Å². The number of nitrogens with zero attached hydrogens (tertiary/aromatic N) is 3. The minimum atomic E-state index is -0.328. The molecule has 0 spiro atoms. The van der Waals surface area contributed by atoms with Gasteiger partial charge in [-0.2, -0.15) is 0 Å². The number of ketones is 1. The molecule has 1 aromatic carbocycles. The van der Waals surface area contributed by atoms with Crippen LogP contribution in [0.1, 0.15) is 39.3 Å². The van der Waals surface area contributed by atoms with Crippen molar-refractivity contribution >= 4 is 34.2 Å². The van der Waals surface area contributed by atoms with Crippen LogP contribution < -0.4 is 10.6 Å². The minimum Gasteiger partial charge on any atom is -0.394 e. The van der Waals surface area contributed by atoms with Gasteiger partial charge < -0.3 is 25.5 Å². The zero-order valence-electron chi connectivity index (χ0n) is 18.8. The number of hydrogen-bond donors (Lipinski definition) is 4. The van der Waals surface area contributed by atoms with Crippen molar-refractivity contribution in [1.29, 1.82) is 0 Å². The Kier molecular flexibility index (Phi) is 6.47. The van der Waals surface area contributed by atoms with Gasteiger partial charge in [-0.25, -0.2) is 9.97 Å². The summed E-state index contributed by atoms with van der Waals surface area (Å²) in [5, 5.41) is 16.0. The van der Waals surface area contributed by atoms with E-state index < -0.39 is 0 Å². The Morgan fingerprint density at radius 1 is 1.09 bits per heavy atom. The van der Waals surface area contributed by atoms with E-state index in [1.807, 2.05) is 0 Å². The monoisotopic (exact) mass is 472 g/mol. The molecule has 0 radical (unpaired) electrons. The number of ether oxygens (including phenoxy) is 1. The van der Waals surface area contributed by atoms with Gasteiger partial charge in [-0.3, -0.25) is 14.6 Å². The number of aromatic nitrogens is 4. The first kappa shape index (κ1) is 22.6. The second kappa shape index (κ2) is 10.00.